The molecule has 0 heterocycles. The van der Waals surface area contributed by atoms with E-state index in [-0.39, 0.29) is 5.75 Å². The highest BCUT2D eigenvalue weighted by atomic mass is 35.5. The first-order valence-corrected chi connectivity index (χ1v) is 8.11. The molecule has 0 amide bonds. The lowest BCUT2D eigenvalue weighted by molar-refractivity contribution is 0.283. The second kappa shape index (κ2) is 10.1. The van der Waals surface area contributed by atoms with Crippen molar-refractivity contribution in [3.63, 3.8) is 0 Å². The topological polar surface area (TPSA) is 84.7 Å². The Kier molecular flexibility index (Phi) is 8.54. The molecule has 5 N–H and O–H groups in total. The van der Waals surface area contributed by atoms with Crippen molar-refractivity contribution in [2.45, 2.75) is 6.42 Å². The molecule has 0 aliphatic rings. The fourth-order valence-corrected chi connectivity index (χ4v) is 2.10. The van der Waals surface area contributed by atoms with E-state index in [9.17, 15) is 0 Å². The van der Waals surface area contributed by atoms with Gasteiger partial charge in [0.2, 0.25) is 0 Å². The zero-order valence-corrected chi connectivity index (χ0v) is 15.3. The van der Waals surface area contributed by atoms with E-state index in [1.165, 1.54) is 12.1 Å². The fraction of sp³-hybridized carbons (Fsp3) is 0.294. The summed E-state index contributed by atoms with van der Waals surface area (Å²) < 4.78 is 5.53. The second-order valence-electron chi connectivity index (χ2n) is 5.39. The number of halogens is 2. The third-order valence-electron chi connectivity index (χ3n) is 2.97. The molecule has 0 fully saturated rings. The highest BCUT2D eigenvalue weighted by Crippen LogP contribution is 2.25. The van der Waals surface area contributed by atoms with Gasteiger partial charge in [0, 0.05) is 16.6 Å². The highest BCUT2D eigenvalue weighted by Gasteiger charge is 2.00. The Morgan fingerprint density at radius 2 is 1.58 bits per heavy atom. The summed E-state index contributed by atoms with van der Waals surface area (Å²) in [7, 11) is 4.08. The van der Waals surface area contributed by atoms with Crippen molar-refractivity contribution >= 4 is 34.6 Å². The SMILES string of the molecule is CN(C)CCCOc1ccc(Cl)cc1N.Nc1cc(Cl)ccc1O. The molecule has 2 aromatic rings. The van der Waals surface area contributed by atoms with Gasteiger partial charge in [-0.25, -0.2) is 0 Å². The standard InChI is InChI=1S/C11H17ClN2O.C6H6ClNO/c1-14(2)6-3-7-15-11-5-4-9(12)8-10(11)13;7-4-1-2-6(9)5(8)3-4/h4-5,8H,3,6-7,13H2,1-2H3;1-3,9H,8H2. The van der Waals surface area contributed by atoms with Crippen LogP contribution in [-0.2, 0) is 0 Å². The van der Waals surface area contributed by atoms with Crippen LogP contribution in [0.1, 0.15) is 6.42 Å². The van der Waals surface area contributed by atoms with Crippen LogP contribution in [0, 0.1) is 0 Å². The fourth-order valence-electron chi connectivity index (χ4n) is 1.74. The highest BCUT2D eigenvalue weighted by molar-refractivity contribution is 6.31. The average molecular weight is 372 g/mol. The van der Waals surface area contributed by atoms with E-state index >= 15 is 0 Å². The van der Waals surface area contributed by atoms with Crippen molar-refractivity contribution < 1.29 is 9.84 Å². The monoisotopic (exact) mass is 371 g/mol. The maximum Gasteiger partial charge on any atom is 0.142 e. The minimum absolute atomic E-state index is 0.0689. The van der Waals surface area contributed by atoms with Gasteiger partial charge in [-0.2, -0.15) is 0 Å². The zero-order chi connectivity index (χ0) is 18.1. The molecule has 2 rings (SSSR count). The average Bonchev–Trinajstić information content (AvgIpc) is 2.50. The van der Waals surface area contributed by atoms with E-state index < -0.39 is 0 Å². The molecule has 0 saturated carbocycles. The third-order valence-corrected chi connectivity index (χ3v) is 3.44. The molecule has 132 valence electrons. The van der Waals surface area contributed by atoms with Gasteiger partial charge >= 0.3 is 0 Å². The van der Waals surface area contributed by atoms with Gasteiger partial charge in [0.1, 0.15) is 11.5 Å². The molecule has 2 aromatic carbocycles. The smallest absolute Gasteiger partial charge is 0.142 e. The summed E-state index contributed by atoms with van der Waals surface area (Å²) in [5.41, 5.74) is 11.9. The lowest BCUT2D eigenvalue weighted by atomic mass is 10.3. The quantitative estimate of drug-likeness (QED) is 0.421. The predicted octanol–water partition coefficient (Wildman–Crippen LogP) is 3.88. The van der Waals surface area contributed by atoms with Crippen LogP contribution < -0.4 is 16.2 Å². The van der Waals surface area contributed by atoms with Crippen molar-refractivity contribution in [1.82, 2.24) is 4.90 Å². The largest absolute Gasteiger partial charge is 0.506 e. The van der Waals surface area contributed by atoms with Gasteiger partial charge in [0.05, 0.1) is 18.0 Å². The molecule has 0 spiro atoms. The first-order valence-electron chi connectivity index (χ1n) is 7.36. The zero-order valence-electron chi connectivity index (χ0n) is 13.8. The lowest BCUT2D eigenvalue weighted by Gasteiger charge is -2.11. The number of rotatable bonds is 5. The number of nitrogens with two attached hydrogens (primary N) is 2. The molecule has 0 aromatic heterocycles. The van der Waals surface area contributed by atoms with Gasteiger partial charge in [-0.3, -0.25) is 0 Å². The summed E-state index contributed by atoms with van der Waals surface area (Å²) in [6, 6.07) is 9.80. The molecular weight excluding hydrogens is 349 g/mol. The Labute approximate surface area is 152 Å². The molecule has 0 aliphatic heterocycles. The number of anilines is 2. The Morgan fingerprint density at radius 3 is 2.08 bits per heavy atom. The molecule has 24 heavy (non-hydrogen) atoms. The number of aromatic hydroxyl groups is 1. The predicted molar refractivity (Wildman–Crippen MR) is 102 cm³/mol. The number of hydrogen-bond donors (Lipinski definition) is 3. The van der Waals surface area contributed by atoms with Crippen molar-refractivity contribution in [3.05, 3.63) is 46.4 Å². The van der Waals surface area contributed by atoms with Gasteiger partial charge < -0.3 is 26.2 Å². The van der Waals surface area contributed by atoms with E-state index in [4.69, 9.17) is 44.5 Å². The van der Waals surface area contributed by atoms with E-state index in [0.717, 1.165) is 13.0 Å². The van der Waals surface area contributed by atoms with E-state index in [1.807, 2.05) is 14.1 Å². The van der Waals surface area contributed by atoms with Crippen molar-refractivity contribution in [2.24, 2.45) is 0 Å². The van der Waals surface area contributed by atoms with Crippen LogP contribution in [0.3, 0.4) is 0 Å². The van der Waals surface area contributed by atoms with Crippen molar-refractivity contribution in [2.75, 3.05) is 38.7 Å². The molecule has 0 aliphatic carbocycles. The number of nitrogen functional groups attached to an aromatic ring is 2. The van der Waals surface area contributed by atoms with Crippen LogP contribution in [0.4, 0.5) is 11.4 Å². The molecule has 0 unspecified atom stereocenters. The van der Waals surface area contributed by atoms with Crippen LogP contribution in [0.5, 0.6) is 11.5 Å². The first-order chi connectivity index (χ1) is 11.3. The van der Waals surface area contributed by atoms with Crippen molar-refractivity contribution in [3.8, 4) is 11.5 Å². The molecule has 7 heteroatoms. The number of ether oxygens (including phenoxy) is 1. The summed E-state index contributed by atoms with van der Waals surface area (Å²) >= 11 is 11.3. The van der Waals surface area contributed by atoms with E-state index in [1.54, 1.807) is 24.3 Å². The number of phenolic OH excluding ortho intramolecular Hbond substituents is 1. The normalized spacial score (nSPS) is 10.2. The van der Waals surface area contributed by atoms with Gasteiger partial charge in [-0.05, 0) is 56.9 Å². The van der Waals surface area contributed by atoms with Crippen LogP contribution in [0.25, 0.3) is 0 Å². The maximum atomic E-state index is 8.86. The van der Waals surface area contributed by atoms with E-state index in [2.05, 4.69) is 4.90 Å². The summed E-state index contributed by atoms with van der Waals surface area (Å²) in [6.45, 7) is 1.68. The maximum absolute atomic E-state index is 8.86. The molecule has 5 nitrogen and oxygen atoms in total. The number of nitrogens with zero attached hydrogens (tertiary/aromatic N) is 1. The number of benzene rings is 2. The Morgan fingerprint density at radius 1 is 1.00 bits per heavy atom. The van der Waals surface area contributed by atoms with Gasteiger partial charge in [-0.15, -0.1) is 0 Å². The summed E-state index contributed by atoms with van der Waals surface area (Å²) in [6.07, 6.45) is 0.981. The lowest BCUT2D eigenvalue weighted by Crippen LogP contribution is -2.15. The van der Waals surface area contributed by atoms with Crippen LogP contribution in [0.15, 0.2) is 36.4 Å². The van der Waals surface area contributed by atoms with Gasteiger partial charge in [0.15, 0.2) is 0 Å². The summed E-state index contributed by atoms with van der Waals surface area (Å²) in [5, 5.41) is 10.0. The minimum atomic E-state index is 0.0689. The van der Waals surface area contributed by atoms with Gasteiger partial charge in [0.25, 0.3) is 0 Å². The number of phenols is 1. The molecule has 0 saturated heterocycles. The molecule has 0 atom stereocenters. The molecule has 0 radical (unpaired) electrons. The van der Waals surface area contributed by atoms with Crippen LogP contribution >= 0.6 is 23.2 Å². The Hall–Kier alpha value is -1.82. The molecule has 0 bridgehead atoms. The summed E-state index contributed by atoms with van der Waals surface area (Å²) in [4.78, 5) is 2.12. The summed E-state index contributed by atoms with van der Waals surface area (Å²) in [5.74, 6) is 0.776. The van der Waals surface area contributed by atoms with Crippen LogP contribution in [0.2, 0.25) is 10.0 Å². The first kappa shape index (κ1) is 20.2. The minimum Gasteiger partial charge on any atom is -0.506 e. The Bertz CT molecular complexity index is 652. The van der Waals surface area contributed by atoms with Crippen molar-refractivity contribution in [1.29, 1.82) is 0 Å². The van der Waals surface area contributed by atoms with Crippen LogP contribution in [-0.4, -0.2) is 37.3 Å². The van der Waals surface area contributed by atoms with Gasteiger partial charge in [-0.1, -0.05) is 23.2 Å². The molecular formula is C17H23Cl2N3O2. The third kappa shape index (κ3) is 7.64. The number of hydrogen-bond acceptors (Lipinski definition) is 5. The Balaban J connectivity index is 0.000000272. The second-order valence-corrected chi connectivity index (χ2v) is 6.26. The van der Waals surface area contributed by atoms with E-state index in [0.29, 0.717) is 33.8 Å².